The molecule has 3 nitrogen and oxygen atoms in total. The molecule has 0 amide bonds. The van der Waals surface area contributed by atoms with Crippen LogP contribution in [0.4, 0.5) is 5.69 Å². The van der Waals surface area contributed by atoms with Crippen LogP contribution in [0.2, 0.25) is 0 Å². The van der Waals surface area contributed by atoms with Gasteiger partial charge in [-0.2, -0.15) is 10.5 Å². The summed E-state index contributed by atoms with van der Waals surface area (Å²) in [7, 11) is 0. The highest BCUT2D eigenvalue weighted by Crippen LogP contribution is 2.39. The number of fused-ring (bicyclic) bond motifs is 1. The van der Waals surface area contributed by atoms with Crippen molar-refractivity contribution in [3.63, 3.8) is 0 Å². The minimum absolute atomic E-state index is 0.216. The Kier molecular flexibility index (Phi) is 4.57. The number of halogens is 1. The molecular formula is C24H14BrN3. The standard InChI is InChI=1S/C24H14BrN3/c25-17-10-8-16(9-11-17)20-12-21(23(14-27)24(28)22(20)13-26)19-7-3-5-15-4-1-2-6-18(15)19/h1-12H,28H2. The molecule has 4 heteroatoms. The van der Waals surface area contributed by atoms with E-state index in [0.717, 1.165) is 37.5 Å². The van der Waals surface area contributed by atoms with Crippen molar-refractivity contribution in [2.45, 2.75) is 0 Å². The molecule has 0 aliphatic heterocycles. The fourth-order valence-electron chi connectivity index (χ4n) is 3.47. The van der Waals surface area contributed by atoms with Crippen molar-refractivity contribution in [1.82, 2.24) is 0 Å². The van der Waals surface area contributed by atoms with Crippen LogP contribution in [0.1, 0.15) is 11.1 Å². The first-order valence-electron chi connectivity index (χ1n) is 8.64. The third-order valence-electron chi connectivity index (χ3n) is 4.82. The number of nitrogens with two attached hydrogens (primary N) is 1. The van der Waals surface area contributed by atoms with Crippen LogP contribution in [0.15, 0.2) is 77.3 Å². The third-order valence-corrected chi connectivity index (χ3v) is 5.35. The van der Waals surface area contributed by atoms with E-state index in [1.807, 2.05) is 72.8 Å². The summed E-state index contributed by atoms with van der Waals surface area (Å²) in [5.41, 5.74) is 10.4. The first kappa shape index (κ1) is 17.8. The highest BCUT2D eigenvalue weighted by atomic mass is 79.9. The van der Waals surface area contributed by atoms with Gasteiger partial charge in [0.05, 0.1) is 16.8 Å². The van der Waals surface area contributed by atoms with Gasteiger partial charge < -0.3 is 5.73 Å². The summed E-state index contributed by atoms with van der Waals surface area (Å²) in [6.07, 6.45) is 0. The first-order valence-corrected chi connectivity index (χ1v) is 9.44. The minimum atomic E-state index is 0.216. The molecule has 0 saturated heterocycles. The average molecular weight is 424 g/mol. The van der Waals surface area contributed by atoms with Gasteiger partial charge in [0.2, 0.25) is 0 Å². The molecule has 0 saturated carbocycles. The van der Waals surface area contributed by atoms with E-state index in [1.165, 1.54) is 0 Å². The fraction of sp³-hybridized carbons (Fsp3) is 0. The van der Waals surface area contributed by atoms with Crippen molar-refractivity contribution in [3.05, 3.63) is 88.4 Å². The fourth-order valence-corrected chi connectivity index (χ4v) is 3.74. The quantitative estimate of drug-likeness (QED) is 0.386. The molecule has 0 aromatic heterocycles. The van der Waals surface area contributed by atoms with E-state index in [1.54, 1.807) is 0 Å². The maximum atomic E-state index is 9.80. The van der Waals surface area contributed by atoms with E-state index in [0.29, 0.717) is 11.1 Å². The van der Waals surface area contributed by atoms with Gasteiger partial charge in [0.25, 0.3) is 0 Å². The van der Waals surface area contributed by atoms with Gasteiger partial charge in [-0.15, -0.1) is 0 Å². The molecule has 0 unspecified atom stereocenters. The number of rotatable bonds is 2. The van der Waals surface area contributed by atoms with Crippen molar-refractivity contribution < 1.29 is 0 Å². The largest absolute Gasteiger partial charge is 0.397 e. The molecule has 0 spiro atoms. The number of hydrogen-bond acceptors (Lipinski definition) is 3. The summed E-state index contributed by atoms with van der Waals surface area (Å²) >= 11 is 3.44. The van der Waals surface area contributed by atoms with Crippen LogP contribution in [0.25, 0.3) is 33.0 Å². The monoisotopic (exact) mass is 423 g/mol. The predicted molar refractivity (Wildman–Crippen MR) is 116 cm³/mol. The Morgan fingerprint density at radius 1 is 0.714 bits per heavy atom. The number of nitriles is 2. The van der Waals surface area contributed by atoms with Crippen molar-refractivity contribution in [3.8, 4) is 34.4 Å². The summed E-state index contributed by atoms with van der Waals surface area (Å²) in [5, 5.41) is 21.6. The second kappa shape index (κ2) is 7.19. The van der Waals surface area contributed by atoms with Crippen molar-refractivity contribution in [2.24, 2.45) is 0 Å². The van der Waals surface area contributed by atoms with Crippen LogP contribution in [-0.4, -0.2) is 0 Å². The summed E-state index contributed by atoms with van der Waals surface area (Å²) in [6, 6.07) is 28.0. The topological polar surface area (TPSA) is 73.6 Å². The molecule has 0 atom stereocenters. The summed E-state index contributed by atoms with van der Waals surface area (Å²) in [5.74, 6) is 0. The number of nitrogens with zero attached hydrogens (tertiary/aromatic N) is 2. The van der Waals surface area contributed by atoms with Gasteiger partial charge in [-0.1, -0.05) is 70.5 Å². The zero-order chi connectivity index (χ0) is 19.7. The Morgan fingerprint density at radius 2 is 1.36 bits per heavy atom. The molecule has 0 aliphatic rings. The molecule has 132 valence electrons. The minimum Gasteiger partial charge on any atom is -0.397 e. The lowest BCUT2D eigenvalue weighted by Gasteiger charge is -2.15. The molecule has 4 aromatic rings. The van der Waals surface area contributed by atoms with Crippen LogP contribution in [0.5, 0.6) is 0 Å². The van der Waals surface area contributed by atoms with Crippen molar-refractivity contribution in [1.29, 1.82) is 10.5 Å². The number of nitrogen functional groups attached to an aromatic ring is 1. The second-order valence-corrected chi connectivity index (χ2v) is 7.31. The molecule has 0 heterocycles. The Morgan fingerprint density at radius 3 is 2.07 bits per heavy atom. The van der Waals surface area contributed by atoms with E-state index in [9.17, 15) is 10.5 Å². The Labute approximate surface area is 171 Å². The van der Waals surface area contributed by atoms with Gasteiger partial charge in [-0.3, -0.25) is 0 Å². The Bertz CT molecular complexity index is 1290. The van der Waals surface area contributed by atoms with Gasteiger partial charge in [-0.25, -0.2) is 0 Å². The molecule has 0 bridgehead atoms. The molecule has 0 radical (unpaired) electrons. The van der Waals surface area contributed by atoms with E-state index < -0.39 is 0 Å². The first-order chi connectivity index (χ1) is 13.6. The van der Waals surface area contributed by atoms with E-state index in [-0.39, 0.29) is 5.69 Å². The van der Waals surface area contributed by atoms with Gasteiger partial charge in [0.1, 0.15) is 12.1 Å². The number of benzene rings is 4. The van der Waals surface area contributed by atoms with Gasteiger partial charge in [0, 0.05) is 15.6 Å². The third kappa shape index (κ3) is 2.91. The van der Waals surface area contributed by atoms with Crippen molar-refractivity contribution >= 4 is 32.4 Å². The average Bonchev–Trinajstić information content (AvgIpc) is 2.73. The predicted octanol–water partition coefficient (Wildman–Crippen LogP) is 6.26. The molecular weight excluding hydrogens is 410 g/mol. The maximum absolute atomic E-state index is 9.80. The normalized spacial score (nSPS) is 10.4. The van der Waals surface area contributed by atoms with E-state index in [2.05, 4.69) is 28.1 Å². The number of anilines is 1. The van der Waals surface area contributed by atoms with Gasteiger partial charge >= 0.3 is 0 Å². The summed E-state index contributed by atoms with van der Waals surface area (Å²) in [4.78, 5) is 0. The van der Waals surface area contributed by atoms with E-state index in [4.69, 9.17) is 5.73 Å². The lowest BCUT2D eigenvalue weighted by Crippen LogP contribution is -2.01. The molecule has 4 rings (SSSR count). The molecule has 0 fully saturated rings. The van der Waals surface area contributed by atoms with Crippen molar-refractivity contribution in [2.75, 3.05) is 5.73 Å². The lowest BCUT2D eigenvalue weighted by molar-refractivity contribution is 1.44. The van der Waals surface area contributed by atoms with Crippen LogP contribution >= 0.6 is 15.9 Å². The second-order valence-electron chi connectivity index (χ2n) is 6.39. The van der Waals surface area contributed by atoms with Crippen LogP contribution in [-0.2, 0) is 0 Å². The Hall–Kier alpha value is -3.60. The SMILES string of the molecule is N#Cc1c(-c2ccc(Br)cc2)cc(-c2cccc3ccccc23)c(C#N)c1N. The maximum Gasteiger partial charge on any atom is 0.102 e. The zero-order valence-electron chi connectivity index (χ0n) is 14.8. The molecule has 0 aliphatic carbocycles. The highest BCUT2D eigenvalue weighted by molar-refractivity contribution is 9.10. The van der Waals surface area contributed by atoms with Crippen LogP contribution < -0.4 is 5.73 Å². The lowest BCUT2D eigenvalue weighted by atomic mass is 9.88. The Balaban J connectivity index is 2.09. The highest BCUT2D eigenvalue weighted by Gasteiger charge is 2.19. The van der Waals surface area contributed by atoms with Gasteiger partial charge in [-0.05, 0) is 40.1 Å². The zero-order valence-corrected chi connectivity index (χ0v) is 16.4. The van der Waals surface area contributed by atoms with Crippen LogP contribution in [0.3, 0.4) is 0 Å². The number of hydrogen-bond donors (Lipinski definition) is 1. The summed E-state index contributed by atoms with van der Waals surface area (Å²) < 4.78 is 0.950. The molecule has 4 aromatic carbocycles. The van der Waals surface area contributed by atoms with E-state index >= 15 is 0 Å². The molecule has 28 heavy (non-hydrogen) atoms. The molecule has 2 N–H and O–H groups in total. The smallest absolute Gasteiger partial charge is 0.102 e. The van der Waals surface area contributed by atoms with Crippen LogP contribution in [0, 0.1) is 22.7 Å². The summed E-state index contributed by atoms with van der Waals surface area (Å²) in [6.45, 7) is 0. The van der Waals surface area contributed by atoms with Gasteiger partial charge in [0.15, 0.2) is 0 Å².